The number of nitrogens with zero attached hydrogens (tertiary/aromatic N) is 1. The minimum atomic E-state index is 0.883. The number of thiol groups is 1. The maximum absolute atomic E-state index is 4.60. The molecular weight excluding hydrogens is 226 g/mol. The third kappa shape index (κ3) is 1.25. The minimum absolute atomic E-state index is 0.883. The maximum Gasteiger partial charge on any atom is 0.0756 e. The Bertz CT molecular complexity index is 671. The van der Waals surface area contributed by atoms with Gasteiger partial charge in [0.15, 0.2) is 0 Å². The van der Waals surface area contributed by atoms with E-state index >= 15 is 0 Å². The number of aliphatic imine (C=N–C) groups is 1. The summed E-state index contributed by atoms with van der Waals surface area (Å²) >= 11 is 4.40. The zero-order chi connectivity index (χ0) is 11.4. The summed E-state index contributed by atoms with van der Waals surface area (Å²) < 4.78 is 0. The number of benzene rings is 2. The van der Waals surface area contributed by atoms with Gasteiger partial charge in [-0.05, 0) is 28.7 Å². The van der Waals surface area contributed by atoms with Crippen LogP contribution in [0.5, 0.6) is 0 Å². The Hall–Kier alpha value is -1.54. The van der Waals surface area contributed by atoms with Crippen molar-refractivity contribution in [3.8, 4) is 11.1 Å². The summed E-state index contributed by atoms with van der Waals surface area (Å²) in [6.07, 6.45) is 1.92. The molecule has 0 atom stereocenters. The van der Waals surface area contributed by atoms with Gasteiger partial charge in [-0.3, -0.25) is 0 Å². The Morgan fingerprint density at radius 2 is 1.71 bits per heavy atom. The first kappa shape index (κ1) is 9.49. The number of rotatable bonds is 0. The molecule has 2 aromatic carbocycles. The molecule has 0 saturated heterocycles. The van der Waals surface area contributed by atoms with Crippen molar-refractivity contribution < 1.29 is 0 Å². The second kappa shape index (κ2) is 3.23. The van der Waals surface area contributed by atoms with Crippen LogP contribution in [0.2, 0.25) is 0 Å². The van der Waals surface area contributed by atoms with Gasteiger partial charge in [0.1, 0.15) is 0 Å². The Balaban J connectivity index is 2.07. The quantitative estimate of drug-likeness (QED) is 0.571. The molecule has 1 nitrogen and oxygen atoms in total. The highest BCUT2D eigenvalue weighted by molar-refractivity contribution is 7.97. The fourth-order valence-electron chi connectivity index (χ4n) is 2.86. The van der Waals surface area contributed by atoms with E-state index in [1.165, 1.54) is 27.8 Å². The molecule has 1 aliphatic heterocycles. The molecule has 0 radical (unpaired) electrons. The summed E-state index contributed by atoms with van der Waals surface area (Å²) in [5, 5.41) is 0.929. The lowest BCUT2D eigenvalue weighted by Gasteiger charge is -2.06. The SMILES string of the molecule is SC1=Nc2c(ccc3c2-c2ccccc2C3)C1. The van der Waals surface area contributed by atoms with Crippen molar-refractivity contribution in [3.63, 3.8) is 0 Å². The van der Waals surface area contributed by atoms with E-state index in [4.69, 9.17) is 0 Å². The highest BCUT2D eigenvalue weighted by Crippen LogP contribution is 2.46. The van der Waals surface area contributed by atoms with Crippen molar-refractivity contribution in [3.05, 3.63) is 53.1 Å². The lowest BCUT2D eigenvalue weighted by atomic mass is 10.00. The van der Waals surface area contributed by atoms with Crippen LogP contribution in [0, 0.1) is 0 Å². The number of hydrogen-bond acceptors (Lipinski definition) is 1. The van der Waals surface area contributed by atoms with Gasteiger partial charge in [-0.1, -0.05) is 36.4 Å². The summed E-state index contributed by atoms with van der Waals surface area (Å²) in [6, 6.07) is 13.1. The van der Waals surface area contributed by atoms with Crippen LogP contribution in [-0.4, -0.2) is 5.04 Å². The third-order valence-electron chi connectivity index (χ3n) is 3.60. The summed E-state index contributed by atoms with van der Waals surface area (Å²) in [4.78, 5) is 4.60. The molecule has 0 saturated carbocycles. The Morgan fingerprint density at radius 1 is 0.882 bits per heavy atom. The van der Waals surface area contributed by atoms with Crippen LogP contribution < -0.4 is 0 Å². The monoisotopic (exact) mass is 237 g/mol. The normalized spacial score (nSPS) is 15.2. The lowest BCUT2D eigenvalue weighted by Crippen LogP contribution is -1.86. The zero-order valence-electron chi connectivity index (χ0n) is 9.27. The lowest BCUT2D eigenvalue weighted by molar-refractivity contribution is 1.25. The van der Waals surface area contributed by atoms with Gasteiger partial charge >= 0.3 is 0 Å². The predicted molar refractivity (Wildman–Crippen MR) is 74.5 cm³/mol. The van der Waals surface area contributed by atoms with Crippen LogP contribution >= 0.6 is 12.6 Å². The van der Waals surface area contributed by atoms with Gasteiger partial charge < -0.3 is 0 Å². The summed E-state index contributed by atoms with van der Waals surface area (Å²) in [6.45, 7) is 0. The van der Waals surface area contributed by atoms with Crippen LogP contribution in [0.3, 0.4) is 0 Å². The van der Waals surface area contributed by atoms with Crippen LogP contribution in [0.15, 0.2) is 41.4 Å². The van der Waals surface area contributed by atoms with Crippen molar-refractivity contribution in [2.45, 2.75) is 12.8 Å². The van der Waals surface area contributed by atoms with E-state index in [-0.39, 0.29) is 0 Å². The molecule has 0 amide bonds. The van der Waals surface area contributed by atoms with Crippen molar-refractivity contribution in [2.75, 3.05) is 0 Å². The van der Waals surface area contributed by atoms with Crippen molar-refractivity contribution in [1.82, 2.24) is 0 Å². The fourth-order valence-corrected chi connectivity index (χ4v) is 3.13. The Kier molecular flexibility index (Phi) is 1.80. The highest BCUT2D eigenvalue weighted by Gasteiger charge is 2.25. The molecule has 4 rings (SSSR count). The number of fused-ring (bicyclic) bond motifs is 5. The molecule has 17 heavy (non-hydrogen) atoms. The number of hydrogen-bond donors (Lipinski definition) is 1. The van der Waals surface area contributed by atoms with E-state index in [1.54, 1.807) is 0 Å². The molecule has 0 N–H and O–H groups in total. The average molecular weight is 237 g/mol. The standard InChI is InChI=1S/C15H11NS/c17-13-8-11-6-5-10-7-9-3-1-2-4-12(9)14(10)15(11)16-13/h1-6H,7-8H2,(H,16,17). The maximum atomic E-state index is 4.60. The highest BCUT2D eigenvalue weighted by atomic mass is 32.1. The van der Waals surface area contributed by atoms with Crippen molar-refractivity contribution >= 4 is 23.4 Å². The molecule has 0 bridgehead atoms. The molecule has 2 heteroatoms. The second-order valence-corrected chi connectivity index (χ2v) is 5.16. The predicted octanol–water partition coefficient (Wildman–Crippen LogP) is 3.77. The van der Waals surface area contributed by atoms with Crippen molar-refractivity contribution in [1.29, 1.82) is 0 Å². The first-order valence-corrected chi connectivity index (χ1v) is 6.27. The molecule has 0 fully saturated rings. The first-order chi connectivity index (χ1) is 8.33. The van der Waals surface area contributed by atoms with Gasteiger partial charge in [0.05, 0.1) is 10.7 Å². The average Bonchev–Trinajstić information content (AvgIpc) is 2.87. The van der Waals surface area contributed by atoms with Gasteiger partial charge in [0.2, 0.25) is 0 Å². The van der Waals surface area contributed by atoms with E-state index < -0.39 is 0 Å². The summed E-state index contributed by atoms with van der Waals surface area (Å²) in [7, 11) is 0. The van der Waals surface area contributed by atoms with Gasteiger partial charge in [-0.2, -0.15) is 0 Å². The smallest absolute Gasteiger partial charge is 0.0756 e. The van der Waals surface area contributed by atoms with Crippen LogP contribution in [-0.2, 0) is 12.8 Å². The van der Waals surface area contributed by atoms with E-state index in [2.05, 4.69) is 54.0 Å². The Labute approximate surface area is 106 Å². The first-order valence-electron chi connectivity index (χ1n) is 5.82. The molecule has 2 aliphatic rings. The third-order valence-corrected chi connectivity index (χ3v) is 3.86. The summed E-state index contributed by atoms with van der Waals surface area (Å²) in [5.41, 5.74) is 7.96. The second-order valence-electron chi connectivity index (χ2n) is 4.65. The topological polar surface area (TPSA) is 12.4 Å². The molecule has 0 aromatic heterocycles. The van der Waals surface area contributed by atoms with Crippen LogP contribution in [0.25, 0.3) is 11.1 Å². The Morgan fingerprint density at radius 3 is 2.65 bits per heavy atom. The van der Waals surface area contributed by atoms with Gasteiger partial charge in [-0.15, -0.1) is 12.6 Å². The molecule has 0 spiro atoms. The molecule has 2 aromatic rings. The molecule has 1 heterocycles. The van der Waals surface area contributed by atoms with Crippen molar-refractivity contribution in [2.24, 2.45) is 4.99 Å². The van der Waals surface area contributed by atoms with E-state index in [0.717, 1.165) is 23.6 Å². The minimum Gasteiger partial charge on any atom is -0.246 e. The van der Waals surface area contributed by atoms with Gasteiger partial charge in [0, 0.05) is 12.0 Å². The molecular formula is C15H11NS. The van der Waals surface area contributed by atoms with E-state index in [9.17, 15) is 0 Å². The van der Waals surface area contributed by atoms with E-state index in [0.29, 0.717) is 0 Å². The zero-order valence-corrected chi connectivity index (χ0v) is 10.2. The molecule has 0 unspecified atom stereocenters. The van der Waals surface area contributed by atoms with Crippen LogP contribution in [0.4, 0.5) is 5.69 Å². The van der Waals surface area contributed by atoms with Crippen LogP contribution in [0.1, 0.15) is 16.7 Å². The largest absolute Gasteiger partial charge is 0.246 e. The summed E-state index contributed by atoms with van der Waals surface area (Å²) in [5.74, 6) is 0. The van der Waals surface area contributed by atoms with E-state index in [1.807, 2.05) is 0 Å². The fraction of sp³-hybridized carbons (Fsp3) is 0.133. The molecule has 82 valence electrons. The molecule has 1 aliphatic carbocycles. The van der Waals surface area contributed by atoms with Gasteiger partial charge in [-0.25, -0.2) is 4.99 Å². The van der Waals surface area contributed by atoms with Gasteiger partial charge in [0.25, 0.3) is 0 Å².